The van der Waals surface area contributed by atoms with Crippen LogP contribution in [0.25, 0.3) is 0 Å². The van der Waals surface area contributed by atoms with Crippen LogP contribution in [0.1, 0.15) is 33.4 Å². The van der Waals surface area contributed by atoms with Gasteiger partial charge in [-0.25, -0.2) is 9.18 Å². The summed E-state index contributed by atoms with van der Waals surface area (Å²) in [6, 6.07) is 0. The van der Waals surface area contributed by atoms with Crippen molar-refractivity contribution in [3.05, 3.63) is 32.9 Å². The molecule has 148 valence electrons. The summed E-state index contributed by atoms with van der Waals surface area (Å²) in [7, 11) is -2.18. The van der Waals surface area contributed by atoms with E-state index in [1.807, 2.05) is 33.9 Å². The molecule has 1 aliphatic rings. The van der Waals surface area contributed by atoms with Gasteiger partial charge in [-0.1, -0.05) is 20.8 Å². The smallest absolute Gasteiger partial charge is 0.330 e. The van der Waals surface area contributed by atoms with Gasteiger partial charge in [-0.15, -0.1) is 0 Å². The van der Waals surface area contributed by atoms with Gasteiger partial charge >= 0.3 is 5.69 Å². The molecule has 1 saturated heterocycles. The zero-order valence-corrected chi connectivity index (χ0v) is 16.6. The molecule has 1 aromatic rings. The Kier molecular flexibility index (Phi) is 5.63. The molecule has 26 heavy (non-hydrogen) atoms. The fourth-order valence-corrected chi connectivity index (χ4v) is 3.54. The third-order valence-electron chi connectivity index (χ3n) is 5.24. The van der Waals surface area contributed by atoms with Crippen LogP contribution in [0, 0.1) is 5.82 Å². The maximum absolute atomic E-state index is 14.6. The molecule has 0 saturated carbocycles. The molecule has 0 aromatic carbocycles. The van der Waals surface area contributed by atoms with Gasteiger partial charge in [0.25, 0.3) is 5.56 Å². The highest BCUT2D eigenvalue weighted by Gasteiger charge is 2.50. The highest BCUT2D eigenvalue weighted by molar-refractivity contribution is 6.74. The highest BCUT2D eigenvalue weighted by Crippen LogP contribution is 2.41. The minimum absolute atomic E-state index is 0.0441. The largest absolute Gasteiger partial charge is 0.414 e. The molecular formula is C16H26F2N2O5Si. The lowest BCUT2D eigenvalue weighted by atomic mass is 10.0. The highest BCUT2D eigenvalue weighted by atomic mass is 28.4. The molecule has 0 amide bonds. The second-order valence-electron chi connectivity index (χ2n) is 8.26. The van der Waals surface area contributed by atoms with Crippen molar-refractivity contribution in [2.24, 2.45) is 0 Å². The van der Waals surface area contributed by atoms with Crippen LogP contribution in [0.4, 0.5) is 8.78 Å². The molecule has 7 nitrogen and oxygen atoms in total. The first-order valence-corrected chi connectivity index (χ1v) is 11.3. The third kappa shape index (κ3) is 3.97. The van der Waals surface area contributed by atoms with Gasteiger partial charge in [0.05, 0.1) is 19.4 Å². The molecule has 1 aromatic heterocycles. The van der Waals surface area contributed by atoms with E-state index in [1.54, 1.807) is 4.98 Å². The number of aliphatic hydroxyl groups is 1. The molecule has 3 atom stereocenters. The fourth-order valence-electron chi connectivity index (χ4n) is 2.48. The second-order valence-corrected chi connectivity index (χ2v) is 13.1. The van der Waals surface area contributed by atoms with Gasteiger partial charge in [-0.2, -0.15) is 4.39 Å². The summed E-state index contributed by atoms with van der Waals surface area (Å²) in [4.78, 5) is 24.8. The van der Waals surface area contributed by atoms with Crippen molar-refractivity contribution in [2.45, 2.75) is 63.3 Å². The number of rotatable bonds is 5. The first kappa shape index (κ1) is 20.9. The summed E-state index contributed by atoms with van der Waals surface area (Å²) in [5, 5.41) is 9.70. The quantitative estimate of drug-likeness (QED) is 0.744. The van der Waals surface area contributed by atoms with Crippen LogP contribution in [0.2, 0.25) is 18.1 Å². The average Bonchev–Trinajstić information content (AvgIpc) is 2.85. The number of H-pyrrole nitrogens is 1. The van der Waals surface area contributed by atoms with Gasteiger partial charge in [0.1, 0.15) is 11.8 Å². The predicted octanol–water partition coefficient (Wildman–Crippen LogP) is 1.69. The number of halogens is 2. The van der Waals surface area contributed by atoms with Crippen molar-refractivity contribution in [3.8, 4) is 0 Å². The lowest BCUT2D eigenvalue weighted by molar-refractivity contribution is -0.124. The number of aliphatic hydroxyl groups excluding tert-OH is 1. The number of aromatic nitrogens is 2. The van der Waals surface area contributed by atoms with E-state index in [0.29, 0.717) is 10.8 Å². The van der Waals surface area contributed by atoms with Crippen LogP contribution >= 0.6 is 0 Å². The molecule has 2 N–H and O–H groups in total. The summed E-state index contributed by atoms with van der Waals surface area (Å²) in [5.74, 6) is -1.22. The molecule has 1 fully saturated rings. The van der Waals surface area contributed by atoms with Crippen LogP contribution in [0.3, 0.4) is 0 Å². The first-order valence-electron chi connectivity index (χ1n) is 8.40. The number of hydrogen-bond acceptors (Lipinski definition) is 5. The Bertz CT molecular complexity index is 773. The molecule has 10 heteroatoms. The standard InChI is InChI=1S/C16H26F2N2O5Si/c1-15(2,3)26(4,5)24-9-16(8-21)6-10(17)13(25-16)20-7-11(18)12(22)19-14(20)23/h7,10,13,21H,6,8-9H2,1-5H3,(H,19,22,23)/t10-,13+,16-/m0/s1. The molecule has 0 aliphatic carbocycles. The molecule has 0 bridgehead atoms. The second kappa shape index (κ2) is 6.99. The molecule has 0 radical (unpaired) electrons. The Morgan fingerprint density at radius 2 is 2.08 bits per heavy atom. The number of hydrogen-bond donors (Lipinski definition) is 2. The van der Waals surface area contributed by atoms with Crippen molar-refractivity contribution in [1.29, 1.82) is 0 Å². The van der Waals surface area contributed by atoms with Crippen molar-refractivity contribution < 1.29 is 23.1 Å². The van der Waals surface area contributed by atoms with E-state index in [2.05, 4.69) is 0 Å². The van der Waals surface area contributed by atoms with E-state index < -0.39 is 50.0 Å². The molecule has 0 unspecified atom stereocenters. The van der Waals surface area contributed by atoms with E-state index in [-0.39, 0.29) is 18.1 Å². The summed E-state index contributed by atoms with van der Waals surface area (Å²) in [6.45, 7) is 9.60. The van der Waals surface area contributed by atoms with E-state index >= 15 is 0 Å². The third-order valence-corrected chi connectivity index (χ3v) is 9.71. The van der Waals surface area contributed by atoms with Crippen molar-refractivity contribution in [2.75, 3.05) is 13.2 Å². The van der Waals surface area contributed by atoms with Gasteiger partial charge < -0.3 is 14.3 Å². The van der Waals surface area contributed by atoms with E-state index in [9.17, 15) is 23.5 Å². The van der Waals surface area contributed by atoms with Gasteiger partial charge in [-0.05, 0) is 18.1 Å². The van der Waals surface area contributed by atoms with E-state index in [1.165, 1.54) is 0 Å². The zero-order valence-electron chi connectivity index (χ0n) is 15.6. The Balaban J connectivity index is 2.25. The average molecular weight is 392 g/mol. The maximum Gasteiger partial charge on any atom is 0.330 e. The number of aromatic amines is 1. The Morgan fingerprint density at radius 3 is 2.62 bits per heavy atom. The SMILES string of the molecule is CC(C)(C)[Si](C)(C)OC[C@@]1(CO)C[C@H](F)[C@H](n2cc(F)c(=O)[nH]c2=O)O1. The van der Waals surface area contributed by atoms with Crippen LogP contribution in [0.5, 0.6) is 0 Å². The molecule has 2 heterocycles. The van der Waals surface area contributed by atoms with Crippen LogP contribution in [-0.2, 0) is 9.16 Å². The van der Waals surface area contributed by atoms with Crippen molar-refractivity contribution >= 4 is 8.32 Å². The molecule has 1 aliphatic heterocycles. The van der Waals surface area contributed by atoms with Crippen molar-refractivity contribution in [3.63, 3.8) is 0 Å². The van der Waals surface area contributed by atoms with Gasteiger partial charge in [0.15, 0.2) is 14.5 Å². The zero-order chi connectivity index (χ0) is 19.9. The Hall–Kier alpha value is -1.36. The lowest BCUT2D eigenvalue weighted by Crippen LogP contribution is -2.48. The summed E-state index contributed by atoms with van der Waals surface area (Å²) in [5.41, 5.74) is -3.51. The minimum Gasteiger partial charge on any atom is -0.414 e. The molecule has 2 rings (SSSR count). The molecular weight excluding hydrogens is 366 g/mol. The van der Waals surface area contributed by atoms with E-state index in [0.717, 1.165) is 0 Å². The molecule has 0 spiro atoms. The monoisotopic (exact) mass is 392 g/mol. The minimum atomic E-state index is -2.18. The summed E-state index contributed by atoms with van der Waals surface area (Å²) >= 11 is 0. The first-order chi connectivity index (χ1) is 11.8. The normalized spacial score (nSPS) is 27.1. The van der Waals surface area contributed by atoms with Crippen molar-refractivity contribution in [1.82, 2.24) is 9.55 Å². The topological polar surface area (TPSA) is 93.5 Å². The van der Waals surface area contributed by atoms with Gasteiger partial charge in [-0.3, -0.25) is 14.3 Å². The predicted molar refractivity (Wildman–Crippen MR) is 93.9 cm³/mol. The van der Waals surface area contributed by atoms with Crippen LogP contribution in [0.15, 0.2) is 15.8 Å². The van der Waals surface area contributed by atoms with Gasteiger partial charge in [0.2, 0.25) is 5.82 Å². The fraction of sp³-hybridized carbons (Fsp3) is 0.750. The van der Waals surface area contributed by atoms with Crippen LogP contribution < -0.4 is 11.2 Å². The Labute approximate surface area is 151 Å². The Morgan fingerprint density at radius 1 is 1.46 bits per heavy atom. The maximum atomic E-state index is 14.6. The lowest BCUT2D eigenvalue weighted by Gasteiger charge is -2.39. The van der Waals surface area contributed by atoms with Gasteiger partial charge in [0, 0.05) is 6.42 Å². The number of nitrogens with zero attached hydrogens (tertiary/aromatic N) is 1. The summed E-state index contributed by atoms with van der Waals surface area (Å²) < 4.78 is 40.4. The number of alkyl halides is 1. The summed E-state index contributed by atoms with van der Waals surface area (Å²) in [6.07, 6.45) is -2.73. The number of nitrogens with one attached hydrogen (secondary N) is 1. The van der Waals surface area contributed by atoms with E-state index in [4.69, 9.17) is 9.16 Å². The number of ether oxygens (including phenoxy) is 1. The van der Waals surface area contributed by atoms with Crippen LogP contribution in [-0.4, -0.2) is 48.0 Å².